The highest BCUT2D eigenvalue weighted by molar-refractivity contribution is 6.30. The largest absolute Gasteiger partial charge is 0.479 e. The van der Waals surface area contributed by atoms with E-state index in [1.807, 2.05) is 20.9 Å². The Morgan fingerprint density at radius 1 is 1.06 bits per heavy atom. The fraction of sp³-hybridized carbons (Fsp3) is 0.231. The zero-order chi connectivity index (χ0) is 25.1. The van der Waals surface area contributed by atoms with Crippen molar-refractivity contribution in [2.75, 3.05) is 17.7 Å². The molecule has 2 aromatic carbocycles. The molecule has 4 rings (SSSR count). The van der Waals surface area contributed by atoms with E-state index in [9.17, 15) is 9.59 Å². The number of anilines is 2. The van der Waals surface area contributed by atoms with Gasteiger partial charge in [-0.1, -0.05) is 23.7 Å². The summed E-state index contributed by atoms with van der Waals surface area (Å²) in [5.74, 6) is -0.0131. The van der Waals surface area contributed by atoms with Gasteiger partial charge in [-0.25, -0.2) is 9.67 Å². The number of nitrogens with zero attached hydrogens (tertiary/aromatic N) is 3. The molecule has 0 unspecified atom stereocenters. The second-order valence-corrected chi connectivity index (χ2v) is 8.62. The van der Waals surface area contributed by atoms with Gasteiger partial charge in [0.15, 0.2) is 5.65 Å². The average Bonchev–Trinajstić information content (AvgIpc) is 3.16. The van der Waals surface area contributed by atoms with Crippen LogP contribution < -0.4 is 15.4 Å². The Balaban J connectivity index is 1.48. The number of fused-ring (bicyclic) bond motifs is 1. The third-order valence-electron chi connectivity index (χ3n) is 5.87. The van der Waals surface area contributed by atoms with Gasteiger partial charge < -0.3 is 15.4 Å². The fourth-order valence-electron chi connectivity index (χ4n) is 4.08. The number of ether oxygens (including phenoxy) is 1. The molecule has 2 N–H and O–H groups in total. The summed E-state index contributed by atoms with van der Waals surface area (Å²) in [6, 6.07) is 13.7. The maximum absolute atomic E-state index is 12.9. The maximum atomic E-state index is 12.9. The van der Waals surface area contributed by atoms with Crippen LogP contribution in [0.3, 0.4) is 0 Å². The van der Waals surface area contributed by atoms with Crippen molar-refractivity contribution in [3.05, 3.63) is 75.9 Å². The molecule has 0 saturated carbocycles. The van der Waals surface area contributed by atoms with Gasteiger partial charge >= 0.3 is 0 Å². The van der Waals surface area contributed by atoms with Gasteiger partial charge in [0.2, 0.25) is 11.8 Å². The normalized spacial score (nSPS) is 10.9. The number of nitrogens with one attached hydrogen (secondary N) is 2. The molecule has 2 aromatic heterocycles. The number of benzene rings is 2. The zero-order valence-corrected chi connectivity index (χ0v) is 20.7. The number of halogens is 1. The molecular weight excluding hydrogens is 466 g/mol. The molecule has 2 heterocycles. The monoisotopic (exact) mass is 491 g/mol. The number of para-hydroxylation sites is 1. The van der Waals surface area contributed by atoms with Gasteiger partial charge in [0.05, 0.1) is 23.7 Å². The third-order valence-corrected chi connectivity index (χ3v) is 6.12. The van der Waals surface area contributed by atoms with E-state index >= 15 is 0 Å². The Labute approximate surface area is 208 Å². The molecular formula is C26H26ClN5O3. The number of hydrogen-bond acceptors (Lipinski definition) is 5. The van der Waals surface area contributed by atoms with Crippen molar-refractivity contribution in [3.8, 4) is 5.88 Å². The van der Waals surface area contributed by atoms with E-state index in [0.29, 0.717) is 34.3 Å². The molecule has 4 aromatic rings. The summed E-state index contributed by atoms with van der Waals surface area (Å²) in [7, 11) is 3.40. The lowest BCUT2D eigenvalue weighted by molar-refractivity contribution is -0.116. The second kappa shape index (κ2) is 10.1. The van der Waals surface area contributed by atoms with Crippen LogP contribution >= 0.6 is 11.6 Å². The number of hydrogen-bond donors (Lipinski definition) is 2. The maximum Gasteiger partial charge on any atom is 0.257 e. The fourth-order valence-corrected chi connectivity index (χ4v) is 4.21. The van der Waals surface area contributed by atoms with Crippen LogP contribution in [0, 0.1) is 13.8 Å². The van der Waals surface area contributed by atoms with Crippen LogP contribution in [0.4, 0.5) is 11.4 Å². The summed E-state index contributed by atoms with van der Waals surface area (Å²) in [6.07, 6.45) is 0.716. The minimum atomic E-state index is -0.326. The molecule has 0 saturated heterocycles. The Bertz CT molecular complexity index is 1410. The van der Waals surface area contributed by atoms with E-state index < -0.39 is 0 Å². The highest BCUT2D eigenvalue weighted by Gasteiger charge is 2.19. The molecule has 0 aliphatic rings. The van der Waals surface area contributed by atoms with Crippen LogP contribution in [-0.2, 0) is 18.3 Å². The van der Waals surface area contributed by atoms with E-state index in [4.69, 9.17) is 16.3 Å². The van der Waals surface area contributed by atoms with Crippen molar-refractivity contribution < 1.29 is 14.3 Å². The van der Waals surface area contributed by atoms with Gasteiger partial charge in [0.1, 0.15) is 0 Å². The molecule has 9 heteroatoms. The van der Waals surface area contributed by atoms with Gasteiger partial charge in [0.25, 0.3) is 5.91 Å². The second-order valence-electron chi connectivity index (χ2n) is 8.19. The van der Waals surface area contributed by atoms with Crippen molar-refractivity contribution in [2.45, 2.75) is 26.7 Å². The molecule has 0 atom stereocenters. The molecule has 0 fully saturated rings. The highest BCUT2D eigenvalue weighted by atomic mass is 35.5. The quantitative estimate of drug-likeness (QED) is 0.376. The SMILES string of the molecule is COc1nn(C)c2nc(C)c(CCC(=O)Nc3ccccc3C(=O)Nc3ccc(Cl)cc3)c(C)c12. The van der Waals surface area contributed by atoms with Crippen LogP contribution in [0.1, 0.15) is 33.6 Å². The van der Waals surface area contributed by atoms with Crippen molar-refractivity contribution in [1.82, 2.24) is 14.8 Å². The zero-order valence-electron chi connectivity index (χ0n) is 20.0. The highest BCUT2D eigenvalue weighted by Crippen LogP contribution is 2.30. The van der Waals surface area contributed by atoms with E-state index in [1.54, 1.807) is 60.3 Å². The van der Waals surface area contributed by atoms with Crippen LogP contribution in [0.2, 0.25) is 5.02 Å². The molecule has 35 heavy (non-hydrogen) atoms. The van der Waals surface area contributed by atoms with E-state index in [1.165, 1.54) is 0 Å². The predicted molar refractivity (Wildman–Crippen MR) is 137 cm³/mol. The summed E-state index contributed by atoms with van der Waals surface area (Å²) < 4.78 is 7.11. The number of carbonyl (C=O) groups is 2. The topological polar surface area (TPSA) is 98.1 Å². The van der Waals surface area contributed by atoms with Crippen LogP contribution in [-0.4, -0.2) is 33.7 Å². The van der Waals surface area contributed by atoms with Gasteiger partial charge in [-0.2, -0.15) is 0 Å². The number of carbonyl (C=O) groups excluding carboxylic acids is 2. The molecule has 0 aliphatic carbocycles. The van der Waals surface area contributed by atoms with E-state index in [-0.39, 0.29) is 18.2 Å². The van der Waals surface area contributed by atoms with Crippen molar-refractivity contribution in [3.63, 3.8) is 0 Å². The first-order valence-corrected chi connectivity index (χ1v) is 11.5. The molecule has 0 aliphatic heterocycles. The summed E-state index contributed by atoms with van der Waals surface area (Å²) >= 11 is 5.91. The number of amides is 2. The lowest BCUT2D eigenvalue weighted by Gasteiger charge is -2.13. The summed E-state index contributed by atoms with van der Waals surface area (Å²) in [5, 5.41) is 11.5. The smallest absolute Gasteiger partial charge is 0.257 e. The summed E-state index contributed by atoms with van der Waals surface area (Å²) in [4.78, 5) is 30.4. The predicted octanol–water partition coefficient (Wildman–Crippen LogP) is 5.07. The molecule has 2 amide bonds. The number of aryl methyl sites for hydroxylation is 3. The van der Waals surface area contributed by atoms with Gasteiger partial charge in [-0.05, 0) is 67.8 Å². The lowest BCUT2D eigenvalue weighted by atomic mass is 10.00. The van der Waals surface area contributed by atoms with Crippen LogP contribution in [0.5, 0.6) is 5.88 Å². The third kappa shape index (κ3) is 5.12. The van der Waals surface area contributed by atoms with E-state index in [0.717, 1.165) is 27.9 Å². The van der Waals surface area contributed by atoms with Crippen molar-refractivity contribution in [1.29, 1.82) is 0 Å². The minimum absolute atomic E-state index is 0.200. The Morgan fingerprint density at radius 2 is 1.77 bits per heavy atom. The number of pyridine rings is 1. The van der Waals surface area contributed by atoms with Crippen molar-refractivity contribution >= 4 is 45.8 Å². The van der Waals surface area contributed by atoms with Crippen LogP contribution in [0.25, 0.3) is 11.0 Å². The summed E-state index contributed by atoms with van der Waals surface area (Å²) in [6.45, 7) is 3.92. The van der Waals surface area contributed by atoms with Gasteiger partial charge in [-0.15, -0.1) is 5.10 Å². The Hall–Kier alpha value is -3.91. The molecule has 0 spiro atoms. The molecule has 8 nitrogen and oxygen atoms in total. The van der Waals surface area contributed by atoms with E-state index in [2.05, 4.69) is 20.7 Å². The molecule has 180 valence electrons. The summed E-state index contributed by atoms with van der Waals surface area (Å²) in [5.41, 5.74) is 4.98. The molecule has 0 radical (unpaired) electrons. The first kappa shape index (κ1) is 24.2. The first-order valence-electron chi connectivity index (χ1n) is 11.1. The Morgan fingerprint density at radius 3 is 2.49 bits per heavy atom. The standard InChI is InChI=1S/C26H26ClN5O3/c1-15-19(16(2)28-24-23(15)26(35-4)31-32(24)3)13-14-22(33)30-21-8-6-5-7-20(21)25(34)29-18-11-9-17(27)10-12-18/h5-12H,13-14H2,1-4H3,(H,29,34)(H,30,33). The average molecular weight is 492 g/mol. The number of aromatic nitrogens is 3. The Kier molecular flexibility index (Phi) is 7.02. The van der Waals surface area contributed by atoms with Crippen LogP contribution in [0.15, 0.2) is 48.5 Å². The number of rotatable bonds is 7. The lowest BCUT2D eigenvalue weighted by Crippen LogP contribution is -2.18. The van der Waals surface area contributed by atoms with Crippen molar-refractivity contribution in [2.24, 2.45) is 7.05 Å². The van der Waals surface area contributed by atoms with Gasteiger partial charge in [-0.3, -0.25) is 9.59 Å². The van der Waals surface area contributed by atoms with Gasteiger partial charge in [0, 0.05) is 29.9 Å². The first-order chi connectivity index (χ1) is 16.8. The number of methoxy groups -OCH3 is 1. The molecule has 0 bridgehead atoms. The minimum Gasteiger partial charge on any atom is -0.479 e.